The van der Waals surface area contributed by atoms with Gasteiger partial charge in [0.15, 0.2) is 0 Å². The molecule has 0 spiro atoms. The highest BCUT2D eigenvalue weighted by molar-refractivity contribution is 4.89. The van der Waals surface area contributed by atoms with Crippen LogP contribution in [0.1, 0.15) is 58.3 Å². The molecule has 2 aliphatic carbocycles. The number of nitrogens with one attached hydrogen (secondary N) is 1. The van der Waals surface area contributed by atoms with Gasteiger partial charge in [0.1, 0.15) is 0 Å². The van der Waals surface area contributed by atoms with Gasteiger partial charge in [-0.3, -0.25) is 0 Å². The van der Waals surface area contributed by atoms with E-state index in [4.69, 9.17) is 0 Å². The molecule has 88 valence electrons. The molecule has 2 aliphatic rings. The lowest BCUT2D eigenvalue weighted by Gasteiger charge is -2.29. The van der Waals surface area contributed by atoms with Crippen LogP contribution in [0, 0.1) is 17.8 Å². The summed E-state index contributed by atoms with van der Waals surface area (Å²) in [5, 5.41) is 3.63. The second-order valence-electron chi connectivity index (χ2n) is 5.71. The largest absolute Gasteiger partial charge is 0.316 e. The Bertz CT molecular complexity index is 184. The van der Waals surface area contributed by atoms with E-state index in [1.165, 1.54) is 51.4 Å². The predicted octanol–water partition coefficient (Wildman–Crippen LogP) is 3.59. The summed E-state index contributed by atoms with van der Waals surface area (Å²) < 4.78 is 0. The van der Waals surface area contributed by atoms with Gasteiger partial charge in [0.25, 0.3) is 0 Å². The van der Waals surface area contributed by atoms with Crippen LogP contribution in [0.25, 0.3) is 0 Å². The number of hydrogen-bond donors (Lipinski definition) is 1. The summed E-state index contributed by atoms with van der Waals surface area (Å²) in [5.41, 5.74) is 0. The predicted molar refractivity (Wildman–Crippen MR) is 65.9 cm³/mol. The zero-order valence-corrected chi connectivity index (χ0v) is 10.5. The van der Waals surface area contributed by atoms with Crippen molar-refractivity contribution >= 4 is 0 Å². The van der Waals surface area contributed by atoms with Crippen LogP contribution in [0.15, 0.2) is 0 Å². The third kappa shape index (κ3) is 2.55. The Morgan fingerprint density at radius 1 is 1.07 bits per heavy atom. The molecule has 0 saturated heterocycles. The van der Waals surface area contributed by atoms with Crippen molar-refractivity contribution in [3.8, 4) is 0 Å². The van der Waals surface area contributed by atoms with Crippen LogP contribution in [0.3, 0.4) is 0 Å². The van der Waals surface area contributed by atoms with Gasteiger partial charge in [0, 0.05) is 6.04 Å². The highest BCUT2D eigenvalue weighted by Crippen LogP contribution is 2.40. The normalized spacial score (nSPS) is 34.8. The van der Waals surface area contributed by atoms with E-state index in [0.29, 0.717) is 0 Å². The number of hydrogen-bond acceptors (Lipinski definition) is 1. The third-order valence-electron chi connectivity index (χ3n) is 4.91. The van der Waals surface area contributed by atoms with E-state index in [9.17, 15) is 0 Å². The van der Waals surface area contributed by atoms with E-state index in [1.54, 1.807) is 0 Å². The molecule has 0 bridgehead atoms. The first kappa shape index (κ1) is 11.4. The molecule has 0 amide bonds. The average Bonchev–Trinajstić information content (AvgIpc) is 2.89. The molecule has 1 N–H and O–H groups in total. The summed E-state index contributed by atoms with van der Waals surface area (Å²) in [7, 11) is 2.18. The maximum Gasteiger partial charge on any atom is 0.0121 e. The van der Waals surface area contributed by atoms with Gasteiger partial charge < -0.3 is 5.32 Å². The van der Waals surface area contributed by atoms with Crippen molar-refractivity contribution in [2.75, 3.05) is 7.05 Å². The molecule has 0 radical (unpaired) electrons. The molecule has 1 heteroatoms. The monoisotopic (exact) mass is 209 g/mol. The molecule has 0 aromatic rings. The van der Waals surface area contributed by atoms with E-state index in [0.717, 1.165) is 23.8 Å². The Labute approximate surface area is 95.0 Å². The minimum atomic E-state index is 0.837. The Balaban J connectivity index is 1.89. The van der Waals surface area contributed by atoms with Crippen LogP contribution in [0.2, 0.25) is 0 Å². The Morgan fingerprint density at radius 3 is 2.33 bits per heavy atom. The van der Waals surface area contributed by atoms with Crippen molar-refractivity contribution in [3.63, 3.8) is 0 Å². The van der Waals surface area contributed by atoms with E-state index >= 15 is 0 Å². The van der Waals surface area contributed by atoms with E-state index < -0.39 is 0 Å². The smallest absolute Gasteiger partial charge is 0.0121 e. The van der Waals surface area contributed by atoms with Gasteiger partial charge in [-0.1, -0.05) is 32.6 Å². The van der Waals surface area contributed by atoms with Crippen LogP contribution < -0.4 is 5.32 Å². The van der Waals surface area contributed by atoms with Gasteiger partial charge in [0.2, 0.25) is 0 Å². The van der Waals surface area contributed by atoms with Gasteiger partial charge in [-0.15, -0.1) is 0 Å². The fourth-order valence-corrected chi connectivity index (χ4v) is 3.98. The lowest BCUT2D eigenvalue weighted by molar-refractivity contribution is 0.268. The Morgan fingerprint density at radius 2 is 1.80 bits per heavy atom. The van der Waals surface area contributed by atoms with E-state index in [1.807, 2.05) is 0 Å². The molecule has 3 unspecified atom stereocenters. The first-order valence-electron chi connectivity index (χ1n) is 7.02. The summed E-state index contributed by atoms with van der Waals surface area (Å²) in [6, 6.07) is 0.837. The van der Waals surface area contributed by atoms with Gasteiger partial charge in [-0.2, -0.15) is 0 Å². The fraction of sp³-hybridized carbons (Fsp3) is 1.00. The Hall–Kier alpha value is -0.0400. The summed E-state index contributed by atoms with van der Waals surface area (Å²) in [6.45, 7) is 2.36. The molecule has 0 aromatic carbocycles. The summed E-state index contributed by atoms with van der Waals surface area (Å²) >= 11 is 0. The lowest BCUT2D eigenvalue weighted by atomic mass is 9.85. The first-order chi connectivity index (χ1) is 7.35. The first-order valence-corrected chi connectivity index (χ1v) is 7.02. The van der Waals surface area contributed by atoms with Gasteiger partial charge in [-0.25, -0.2) is 0 Å². The highest BCUT2D eigenvalue weighted by Gasteiger charge is 2.34. The molecule has 3 atom stereocenters. The summed E-state index contributed by atoms with van der Waals surface area (Å²) in [6.07, 6.45) is 11.8. The zero-order valence-electron chi connectivity index (χ0n) is 10.5. The molecule has 2 saturated carbocycles. The van der Waals surface area contributed by atoms with Gasteiger partial charge in [0.05, 0.1) is 0 Å². The standard InChI is InChI=1S/C14H27N/c1-3-11-8-9-13(10-11)14(15-2)12-6-4-5-7-12/h11-15H,3-10H2,1-2H3. The molecule has 2 fully saturated rings. The third-order valence-corrected chi connectivity index (χ3v) is 4.91. The second kappa shape index (κ2) is 5.34. The minimum Gasteiger partial charge on any atom is -0.316 e. The van der Waals surface area contributed by atoms with E-state index in [-0.39, 0.29) is 0 Å². The molecule has 0 aliphatic heterocycles. The van der Waals surface area contributed by atoms with Gasteiger partial charge >= 0.3 is 0 Å². The average molecular weight is 209 g/mol. The highest BCUT2D eigenvalue weighted by atomic mass is 14.9. The molecule has 2 rings (SSSR count). The van der Waals surface area contributed by atoms with E-state index in [2.05, 4.69) is 19.3 Å². The lowest BCUT2D eigenvalue weighted by Crippen LogP contribution is -2.38. The topological polar surface area (TPSA) is 12.0 Å². The maximum atomic E-state index is 3.63. The molecule has 0 aromatic heterocycles. The van der Waals surface area contributed by atoms with Crippen LogP contribution in [-0.4, -0.2) is 13.1 Å². The van der Waals surface area contributed by atoms with Crippen LogP contribution in [0.5, 0.6) is 0 Å². The maximum absolute atomic E-state index is 3.63. The van der Waals surface area contributed by atoms with Crippen LogP contribution in [-0.2, 0) is 0 Å². The van der Waals surface area contributed by atoms with Crippen molar-refractivity contribution in [2.24, 2.45) is 17.8 Å². The van der Waals surface area contributed by atoms with Crippen LogP contribution >= 0.6 is 0 Å². The van der Waals surface area contributed by atoms with Crippen LogP contribution in [0.4, 0.5) is 0 Å². The van der Waals surface area contributed by atoms with Crippen molar-refractivity contribution in [1.82, 2.24) is 5.32 Å². The fourth-order valence-electron chi connectivity index (χ4n) is 3.98. The molecule has 1 nitrogen and oxygen atoms in total. The molecule has 15 heavy (non-hydrogen) atoms. The Kier molecular flexibility index (Phi) is 4.07. The minimum absolute atomic E-state index is 0.837. The van der Waals surface area contributed by atoms with Crippen molar-refractivity contribution in [3.05, 3.63) is 0 Å². The van der Waals surface area contributed by atoms with Crippen molar-refractivity contribution in [1.29, 1.82) is 0 Å². The SMILES string of the molecule is CCC1CCC(C(NC)C2CCCC2)C1. The molecule has 0 heterocycles. The van der Waals surface area contributed by atoms with Crippen molar-refractivity contribution in [2.45, 2.75) is 64.3 Å². The summed E-state index contributed by atoms with van der Waals surface area (Å²) in [5.74, 6) is 3.02. The summed E-state index contributed by atoms with van der Waals surface area (Å²) in [4.78, 5) is 0. The molecular formula is C14H27N. The van der Waals surface area contributed by atoms with Gasteiger partial charge in [-0.05, 0) is 50.5 Å². The van der Waals surface area contributed by atoms with Crippen molar-refractivity contribution < 1.29 is 0 Å². The second-order valence-corrected chi connectivity index (χ2v) is 5.71. The molecular weight excluding hydrogens is 182 g/mol. The zero-order chi connectivity index (χ0) is 10.7. The number of rotatable bonds is 4. The quantitative estimate of drug-likeness (QED) is 0.746.